The van der Waals surface area contributed by atoms with Gasteiger partial charge in [0.1, 0.15) is 0 Å². The molecule has 0 heterocycles. The van der Waals surface area contributed by atoms with Gasteiger partial charge in [0.05, 0.1) is 18.9 Å². The van der Waals surface area contributed by atoms with Crippen molar-refractivity contribution in [2.45, 2.75) is 43.3 Å². The Morgan fingerprint density at radius 2 is 1.79 bits per heavy atom. The van der Waals surface area contributed by atoms with Crippen LogP contribution < -0.4 is 0 Å². The Bertz CT molecular complexity index is 355. The third-order valence-electron chi connectivity index (χ3n) is 2.99. The molecule has 0 aliphatic heterocycles. The second-order valence-corrected chi connectivity index (χ2v) is 5.38. The lowest BCUT2D eigenvalue weighted by Gasteiger charge is -2.23. The van der Waals surface area contributed by atoms with Gasteiger partial charge in [-0.1, -0.05) is 12.8 Å². The van der Waals surface area contributed by atoms with Crippen LogP contribution in [0, 0.1) is 5.92 Å². The van der Waals surface area contributed by atoms with Gasteiger partial charge in [0.15, 0.2) is 0 Å². The number of hydrogen-bond donors (Lipinski definition) is 1. The number of ether oxygens (including phenoxy) is 1. The number of carbonyl (C=O) groups is 1. The third-order valence-corrected chi connectivity index (χ3v) is 3.73. The van der Waals surface area contributed by atoms with E-state index in [0.717, 1.165) is 12.8 Å². The molecule has 1 aliphatic rings. The molecule has 0 aromatic rings. The molecule has 1 unspecified atom stereocenters. The molecule has 0 aromatic carbocycles. The van der Waals surface area contributed by atoms with E-state index < -0.39 is 41.3 Å². The highest BCUT2D eigenvalue weighted by molar-refractivity contribution is 7.80. The molecule has 1 aliphatic carbocycles. The van der Waals surface area contributed by atoms with Crippen molar-refractivity contribution in [2.24, 2.45) is 5.92 Å². The molecular formula is C10H14F4O4S. The quantitative estimate of drug-likeness (QED) is 0.465. The highest BCUT2D eigenvalue weighted by Crippen LogP contribution is 2.39. The van der Waals surface area contributed by atoms with E-state index in [1.54, 1.807) is 0 Å². The Balaban J connectivity index is 2.43. The van der Waals surface area contributed by atoms with Crippen molar-refractivity contribution >= 4 is 17.0 Å². The van der Waals surface area contributed by atoms with Gasteiger partial charge in [0, 0.05) is 0 Å². The molecule has 0 bridgehead atoms. The van der Waals surface area contributed by atoms with E-state index in [-0.39, 0.29) is 5.92 Å². The van der Waals surface area contributed by atoms with Crippen LogP contribution in [-0.4, -0.2) is 32.5 Å². The van der Waals surface area contributed by atoms with Crippen LogP contribution >= 0.6 is 0 Å². The van der Waals surface area contributed by atoms with E-state index in [1.807, 2.05) is 0 Å². The minimum Gasteiger partial charge on any atom is -0.465 e. The van der Waals surface area contributed by atoms with Crippen molar-refractivity contribution in [1.29, 1.82) is 0 Å². The maximum Gasteiger partial charge on any atom is 0.406 e. The Morgan fingerprint density at radius 1 is 1.26 bits per heavy atom. The van der Waals surface area contributed by atoms with Crippen LogP contribution in [0.4, 0.5) is 17.6 Å². The van der Waals surface area contributed by atoms with Gasteiger partial charge in [0.2, 0.25) is 11.1 Å². The SMILES string of the molecule is O=C(OCCC(F)(F)C(F)(F)S(=O)O)C1CCCC1. The molecule has 1 N–H and O–H groups in total. The van der Waals surface area contributed by atoms with Crippen LogP contribution in [-0.2, 0) is 20.6 Å². The third kappa shape index (κ3) is 3.88. The van der Waals surface area contributed by atoms with Crippen molar-refractivity contribution in [1.82, 2.24) is 0 Å². The predicted octanol–water partition coefficient (Wildman–Crippen LogP) is 2.56. The summed E-state index contributed by atoms with van der Waals surface area (Å²) >= 11 is -3.99. The van der Waals surface area contributed by atoms with E-state index in [4.69, 9.17) is 4.55 Å². The van der Waals surface area contributed by atoms with Gasteiger partial charge in [0.25, 0.3) is 0 Å². The van der Waals surface area contributed by atoms with Gasteiger partial charge in [-0.3, -0.25) is 4.79 Å². The van der Waals surface area contributed by atoms with Gasteiger partial charge in [-0.05, 0) is 12.8 Å². The fourth-order valence-corrected chi connectivity index (χ4v) is 2.19. The first-order valence-electron chi connectivity index (χ1n) is 5.71. The molecular weight excluding hydrogens is 292 g/mol. The number of esters is 1. The molecule has 0 spiro atoms. The molecule has 0 radical (unpaired) electrons. The number of hydrogen-bond acceptors (Lipinski definition) is 3. The summed E-state index contributed by atoms with van der Waals surface area (Å²) in [5.41, 5.74) is 0. The summed E-state index contributed by atoms with van der Waals surface area (Å²) in [6.07, 6.45) is 1.40. The first-order valence-corrected chi connectivity index (χ1v) is 6.82. The van der Waals surface area contributed by atoms with Crippen molar-refractivity contribution in [2.75, 3.05) is 6.61 Å². The molecule has 0 saturated heterocycles. The second kappa shape index (κ2) is 6.17. The van der Waals surface area contributed by atoms with E-state index in [9.17, 15) is 26.6 Å². The zero-order valence-electron chi connectivity index (χ0n) is 9.91. The van der Waals surface area contributed by atoms with Crippen LogP contribution in [0.5, 0.6) is 0 Å². The monoisotopic (exact) mass is 306 g/mol. The van der Waals surface area contributed by atoms with Crippen molar-refractivity contribution in [3.8, 4) is 0 Å². The highest BCUT2D eigenvalue weighted by atomic mass is 32.2. The Kier molecular flexibility index (Phi) is 5.31. The molecule has 112 valence electrons. The van der Waals surface area contributed by atoms with Gasteiger partial charge in [-0.25, -0.2) is 4.21 Å². The van der Waals surface area contributed by atoms with E-state index in [0.29, 0.717) is 12.8 Å². The maximum absolute atomic E-state index is 13.0. The lowest BCUT2D eigenvalue weighted by Crippen LogP contribution is -2.44. The van der Waals surface area contributed by atoms with E-state index >= 15 is 0 Å². The number of carbonyl (C=O) groups excluding carboxylic acids is 1. The van der Waals surface area contributed by atoms with Gasteiger partial charge in [-0.2, -0.15) is 17.6 Å². The van der Waals surface area contributed by atoms with Gasteiger partial charge < -0.3 is 9.29 Å². The standard InChI is InChI=1S/C10H14F4O4S/c11-9(12,10(13,14)19(16)17)5-6-18-8(15)7-3-1-2-4-7/h7H,1-6H2,(H,16,17). The Morgan fingerprint density at radius 3 is 2.26 bits per heavy atom. The van der Waals surface area contributed by atoms with Crippen molar-refractivity contribution in [3.05, 3.63) is 0 Å². The van der Waals surface area contributed by atoms with Gasteiger partial charge >= 0.3 is 17.1 Å². The van der Waals surface area contributed by atoms with Crippen LogP contribution in [0.15, 0.2) is 0 Å². The first kappa shape index (κ1) is 16.4. The molecule has 1 saturated carbocycles. The summed E-state index contributed by atoms with van der Waals surface area (Å²) in [4.78, 5) is 11.4. The van der Waals surface area contributed by atoms with Crippen molar-refractivity contribution in [3.63, 3.8) is 0 Å². The lowest BCUT2D eigenvalue weighted by molar-refractivity contribution is -0.174. The molecule has 9 heteroatoms. The first-order chi connectivity index (χ1) is 8.68. The Labute approximate surface area is 109 Å². The molecule has 19 heavy (non-hydrogen) atoms. The molecule has 1 atom stereocenters. The van der Waals surface area contributed by atoms with Gasteiger partial charge in [-0.15, -0.1) is 0 Å². The average molecular weight is 306 g/mol. The number of halogens is 4. The highest BCUT2D eigenvalue weighted by Gasteiger charge is 2.60. The van der Waals surface area contributed by atoms with Crippen LogP contribution in [0.25, 0.3) is 0 Å². The summed E-state index contributed by atoms with van der Waals surface area (Å²) in [6, 6.07) is 0. The van der Waals surface area contributed by atoms with E-state index in [2.05, 4.69) is 4.74 Å². The van der Waals surface area contributed by atoms with E-state index in [1.165, 1.54) is 0 Å². The molecule has 1 fully saturated rings. The summed E-state index contributed by atoms with van der Waals surface area (Å²) in [5, 5.41) is -5.06. The van der Waals surface area contributed by atoms with Crippen LogP contribution in [0.3, 0.4) is 0 Å². The van der Waals surface area contributed by atoms with Crippen molar-refractivity contribution < 1.29 is 35.9 Å². The molecule has 0 aromatic heterocycles. The summed E-state index contributed by atoms with van der Waals surface area (Å²) in [5.74, 6) is -5.74. The summed E-state index contributed by atoms with van der Waals surface area (Å²) in [7, 11) is 0. The maximum atomic E-state index is 13.0. The number of rotatable bonds is 6. The zero-order chi connectivity index (χ0) is 14.7. The Hall–Kier alpha value is -0.700. The largest absolute Gasteiger partial charge is 0.465 e. The minimum atomic E-state index is -5.06. The van der Waals surface area contributed by atoms with Crippen LogP contribution in [0.2, 0.25) is 0 Å². The fourth-order valence-electron chi connectivity index (χ4n) is 1.83. The smallest absolute Gasteiger partial charge is 0.406 e. The van der Waals surface area contributed by atoms with Crippen LogP contribution in [0.1, 0.15) is 32.1 Å². The second-order valence-electron chi connectivity index (χ2n) is 4.37. The fraction of sp³-hybridized carbons (Fsp3) is 0.900. The molecule has 1 rings (SSSR count). The summed E-state index contributed by atoms with van der Waals surface area (Å²) in [6.45, 7) is -0.908. The number of alkyl halides is 4. The predicted molar refractivity (Wildman–Crippen MR) is 58.2 cm³/mol. The lowest BCUT2D eigenvalue weighted by atomic mass is 10.1. The normalized spacial score (nSPS) is 19.4. The minimum absolute atomic E-state index is 0.360. The molecule has 4 nitrogen and oxygen atoms in total. The topological polar surface area (TPSA) is 63.6 Å². The molecule has 0 amide bonds. The zero-order valence-corrected chi connectivity index (χ0v) is 10.7. The average Bonchev–Trinajstić information content (AvgIpc) is 2.81. The summed E-state index contributed by atoms with van der Waals surface area (Å²) < 4.78 is 74.2.